The van der Waals surface area contributed by atoms with Crippen molar-refractivity contribution in [1.82, 2.24) is 0 Å². The Morgan fingerprint density at radius 2 is 2.06 bits per heavy atom. The SMILES string of the molecule is CCOC(=O)c1c(C)cccc1C(=O)C(C)Br. The molecule has 0 spiro atoms. The van der Waals surface area contributed by atoms with Gasteiger partial charge >= 0.3 is 5.97 Å². The molecule has 0 aromatic heterocycles. The summed E-state index contributed by atoms with van der Waals surface area (Å²) in [4.78, 5) is 23.5. The van der Waals surface area contributed by atoms with Gasteiger partial charge in [0, 0.05) is 5.56 Å². The molecule has 0 fully saturated rings. The molecular formula is C13H15BrO3. The highest BCUT2D eigenvalue weighted by atomic mass is 79.9. The van der Waals surface area contributed by atoms with Gasteiger partial charge in [-0.1, -0.05) is 34.1 Å². The smallest absolute Gasteiger partial charge is 0.339 e. The highest BCUT2D eigenvalue weighted by Crippen LogP contribution is 2.19. The predicted molar refractivity (Wildman–Crippen MR) is 69.9 cm³/mol. The summed E-state index contributed by atoms with van der Waals surface area (Å²) in [6.07, 6.45) is 0. The molecule has 1 aromatic rings. The summed E-state index contributed by atoms with van der Waals surface area (Å²) in [5.74, 6) is -0.557. The van der Waals surface area contributed by atoms with E-state index in [-0.39, 0.29) is 10.6 Å². The number of esters is 1. The van der Waals surface area contributed by atoms with Crippen molar-refractivity contribution < 1.29 is 14.3 Å². The van der Waals surface area contributed by atoms with Gasteiger partial charge in [-0.05, 0) is 26.3 Å². The first-order valence-corrected chi connectivity index (χ1v) is 6.35. The van der Waals surface area contributed by atoms with Crippen molar-refractivity contribution in [2.75, 3.05) is 6.61 Å². The number of alkyl halides is 1. The zero-order valence-corrected chi connectivity index (χ0v) is 11.7. The molecule has 1 rings (SSSR count). The summed E-state index contributed by atoms with van der Waals surface area (Å²) in [7, 11) is 0. The highest BCUT2D eigenvalue weighted by Gasteiger charge is 2.22. The number of Topliss-reactive ketones (excluding diaryl/α,β-unsaturated/α-hetero) is 1. The number of carbonyl (C=O) groups is 2. The first-order valence-electron chi connectivity index (χ1n) is 5.44. The van der Waals surface area contributed by atoms with Crippen molar-refractivity contribution in [3.8, 4) is 0 Å². The molecule has 0 amide bonds. The van der Waals surface area contributed by atoms with Gasteiger partial charge in [-0.2, -0.15) is 0 Å². The van der Waals surface area contributed by atoms with Crippen LogP contribution in [0.25, 0.3) is 0 Å². The zero-order chi connectivity index (χ0) is 13.0. The molecule has 0 N–H and O–H groups in total. The monoisotopic (exact) mass is 298 g/mol. The Kier molecular flexibility index (Phi) is 4.87. The minimum Gasteiger partial charge on any atom is -0.462 e. The lowest BCUT2D eigenvalue weighted by Gasteiger charge is -2.11. The molecule has 1 atom stereocenters. The number of hydrogen-bond donors (Lipinski definition) is 0. The van der Waals surface area contributed by atoms with E-state index in [0.29, 0.717) is 17.7 Å². The first-order chi connectivity index (χ1) is 7.99. The van der Waals surface area contributed by atoms with Gasteiger partial charge in [-0.15, -0.1) is 0 Å². The number of ether oxygens (including phenoxy) is 1. The predicted octanol–water partition coefficient (Wildman–Crippen LogP) is 3.14. The largest absolute Gasteiger partial charge is 0.462 e. The van der Waals surface area contributed by atoms with Crippen LogP contribution in [0.4, 0.5) is 0 Å². The maximum atomic E-state index is 12.0. The average Bonchev–Trinajstić information content (AvgIpc) is 2.27. The lowest BCUT2D eigenvalue weighted by atomic mass is 9.98. The molecule has 1 aromatic carbocycles. The first kappa shape index (κ1) is 13.9. The topological polar surface area (TPSA) is 43.4 Å². The van der Waals surface area contributed by atoms with Crippen LogP contribution in [0.3, 0.4) is 0 Å². The van der Waals surface area contributed by atoms with Crippen LogP contribution in [0.1, 0.15) is 40.1 Å². The number of halogens is 1. The Morgan fingerprint density at radius 3 is 2.59 bits per heavy atom. The molecule has 0 heterocycles. The minimum atomic E-state index is -0.442. The van der Waals surface area contributed by atoms with Crippen molar-refractivity contribution in [2.45, 2.75) is 25.6 Å². The summed E-state index contributed by atoms with van der Waals surface area (Å²) in [5.41, 5.74) is 1.53. The van der Waals surface area contributed by atoms with Gasteiger partial charge in [-0.3, -0.25) is 4.79 Å². The van der Waals surface area contributed by atoms with Gasteiger partial charge in [0.05, 0.1) is 17.0 Å². The van der Waals surface area contributed by atoms with Gasteiger partial charge in [0.15, 0.2) is 5.78 Å². The molecule has 3 nitrogen and oxygen atoms in total. The van der Waals surface area contributed by atoms with Crippen molar-refractivity contribution in [1.29, 1.82) is 0 Å². The summed E-state index contributed by atoms with van der Waals surface area (Å²) in [5, 5.41) is 0. The quantitative estimate of drug-likeness (QED) is 0.487. The van der Waals surface area contributed by atoms with Gasteiger partial charge in [0.2, 0.25) is 0 Å². The zero-order valence-electron chi connectivity index (χ0n) is 10.1. The van der Waals surface area contributed by atoms with Crippen LogP contribution in [-0.4, -0.2) is 23.2 Å². The standard InChI is InChI=1S/C13H15BrO3/c1-4-17-13(16)11-8(2)6-5-7-10(11)12(15)9(3)14/h5-7,9H,4H2,1-3H3. The number of ketones is 1. The Balaban J connectivity index is 3.26. The van der Waals surface area contributed by atoms with Crippen LogP contribution >= 0.6 is 15.9 Å². The Morgan fingerprint density at radius 1 is 1.41 bits per heavy atom. The molecule has 0 saturated carbocycles. The fraction of sp³-hybridized carbons (Fsp3) is 0.385. The molecule has 0 bridgehead atoms. The van der Waals surface area contributed by atoms with E-state index in [1.807, 2.05) is 0 Å². The Hall–Kier alpha value is -1.16. The molecule has 0 aliphatic carbocycles. The average molecular weight is 299 g/mol. The number of benzene rings is 1. The van der Waals surface area contributed by atoms with Crippen molar-refractivity contribution in [3.63, 3.8) is 0 Å². The van der Waals surface area contributed by atoms with E-state index in [0.717, 1.165) is 5.56 Å². The third-order valence-electron chi connectivity index (χ3n) is 2.38. The van der Waals surface area contributed by atoms with Crippen LogP contribution in [0.15, 0.2) is 18.2 Å². The maximum absolute atomic E-state index is 12.0. The number of aryl methyl sites for hydroxylation is 1. The molecule has 4 heteroatoms. The van der Waals surface area contributed by atoms with Gasteiger partial charge in [0.25, 0.3) is 0 Å². The van der Waals surface area contributed by atoms with Crippen molar-refractivity contribution in [2.24, 2.45) is 0 Å². The van der Waals surface area contributed by atoms with Crippen LogP contribution in [0.5, 0.6) is 0 Å². The minimum absolute atomic E-state index is 0.114. The lowest BCUT2D eigenvalue weighted by molar-refractivity contribution is 0.0522. The number of carbonyl (C=O) groups excluding carboxylic acids is 2. The van der Waals surface area contributed by atoms with Crippen molar-refractivity contribution >= 4 is 27.7 Å². The second-order valence-electron chi connectivity index (χ2n) is 3.70. The Bertz CT molecular complexity index is 438. The van der Waals surface area contributed by atoms with E-state index < -0.39 is 5.97 Å². The van der Waals surface area contributed by atoms with E-state index >= 15 is 0 Å². The normalized spacial score (nSPS) is 12.0. The second kappa shape index (κ2) is 5.96. The van der Waals surface area contributed by atoms with E-state index in [4.69, 9.17) is 4.74 Å². The summed E-state index contributed by atoms with van der Waals surface area (Å²) in [6, 6.07) is 5.21. The maximum Gasteiger partial charge on any atom is 0.339 e. The van der Waals surface area contributed by atoms with Crippen LogP contribution in [0.2, 0.25) is 0 Å². The van der Waals surface area contributed by atoms with E-state index in [1.54, 1.807) is 39.0 Å². The number of rotatable bonds is 4. The third kappa shape index (κ3) is 3.16. The molecule has 0 aliphatic rings. The van der Waals surface area contributed by atoms with Gasteiger partial charge < -0.3 is 4.74 Å². The van der Waals surface area contributed by atoms with E-state index in [1.165, 1.54) is 0 Å². The molecule has 92 valence electrons. The van der Waals surface area contributed by atoms with Crippen molar-refractivity contribution in [3.05, 3.63) is 34.9 Å². The summed E-state index contributed by atoms with van der Waals surface area (Å²) >= 11 is 3.22. The highest BCUT2D eigenvalue weighted by molar-refractivity contribution is 9.10. The molecule has 0 radical (unpaired) electrons. The fourth-order valence-electron chi connectivity index (χ4n) is 1.56. The fourth-order valence-corrected chi connectivity index (χ4v) is 1.81. The van der Waals surface area contributed by atoms with Crippen LogP contribution in [0, 0.1) is 6.92 Å². The van der Waals surface area contributed by atoms with E-state index in [2.05, 4.69) is 15.9 Å². The molecular weight excluding hydrogens is 284 g/mol. The summed E-state index contributed by atoms with van der Waals surface area (Å²) in [6.45, 7) is 5.57. The molecule has 0 saturated heterocycles. The molecule has 1 unspecified atom stereocenters. The van der Waals surface area contributed by atoms with Crippen LogP contribution < -0.4 is 0 Å². The summed E-state index contributed by atoms with van der Waals surface area (Å²) < 4.78 is 4.97. The molecule has 0 aliphatic heterocycles. The number of hydrogen-bond acceptors (Lipinski definition) is 3. The second-order valence-corrected chi connectivity index (χ2v) is 5.07. The van der Waals surface area contributed by atoms with Crippen LogP contribution in [-0.2, 0) is 4.74 Å². The molecule has 17 heavy (non-hydrogen) atoms. The third-order valence-corrected chi connectivity index (χ3v) is 2.79. The Labute approximate surface area is 109 Å². The van der Waals surface area contributed by atoms with Gasteiger partial charge in [0.1, 0.15) is 0 Å². The van der Waals surface area contributed by atoms with Gasteiger partial charge in [-0.25, -0.2) is 4.79 Å². The lowest BCUT2D eigenvalue weighted by Crippen LogP contribution is -2.18. The van der Waals surface area contributed by atoms with E-state index in [9.17, 15) is 9.59 Å².